The molecule has 1 saturated heterocycles. The Hall–Kier alpha value is -3.88. The number of nitrogens with zero attached hydrogens (tertiary/aromatic N) is 3. The Morgan fingerprint density at radius 3 is 1.92 bits per heavy atom. The van der Waals surface area contributed by atoms with E-state index >= 15 is 0 Å². The van der Waals surface area contributed by atoms with Crippen LogP contribution >= 0.6 is 23.2 Å². The number of rotatable bonds is 13. The number of benzene rings is 4. The summed E-state index contributed by atoms with van der Waals surface area (Å²) in [5, 5.41) is 12.3. The van der Waals surface area contributed by atoms with E-state index in [1.54, 1.807) is 12.1 Å². The molecule has 1 unspecified atom stereocenters. The molecule has 0 spiro atoms. The van der Waals surface area contributed by atoms with Gasteiger partial charge in [0.25, 0.3) is 0 Å². The molecule has 0 aliphatic carbocycles. The Labute approximate surface area is 308 Å². The van der Waals surface area contributed by atoms with Gasteiger partial charge in [-0.1, -0.05) is 127 Å². The van der Waals surface area contributed by atoms with E-state index in [2.05, 4.69) is 119 Å². The minimum absolute atomic E-state index is 0.00585. The first-order chi connectivity index (χ1) is 24.1. The molecule has 2 heterocycles. The van der Waals surface area contributed by atoms with Crippen LogP contribution < -0.4 is 14.8 Å². The van der Waals surface area contributed by atoms with Crippen LogP contribution in [-0.2, 0) is 16.5 Å². The maximum Gasteiger partial charge on any atom is 0.150 e. The van der Waals surface area contributed by atoms with Gasteiger partial charge in [-0.3, -0.25) is 9.82 Å². The third-order valence-corrected chi connectivity index (χ3v) is 12.0. The molecule has 1 aromatic heterocycles. The second kappa shape index (κ2) is 15.6. The van der Waals surface area contributed by atoms with E-state index in [4.69, 9.17) is 38.2 Å². The minimum Gasteiger partial charge on any atom is -0.489 e. The highest BCUT2D eigenvalue weighted by atomic mass is 35.5. The smallest absolute Gasteiger partial charge is 0.150 e. The van der Waals surface area contributed by atoms with E-state index in [1.165, 1.54) is 0 Å². The van der Waals surface area contributed by atoms with Crippen LogP contribution in [0.4, 0.5) is 5.82 Å². The zero-order valence-corrected chi connectivity index (χ0v) is 30.9. The molecule has 4 aromatic carbocycles. The van der Waals surface area contributed by atoms with Crippen LogP contribution in [-0.4, -0.2) is 38.4 Å². The van der Waals surface area contributed by atoms with Crippen LogP contribution in [0.25, 0.3) is 0 Å². The minimum atomic E-state index is -1.53. The lowest BCUT2D eigenvalue weighted by Crippen LogP contribution is -2.40. The van der Waals surface area contributed by atoms with Crippen LogP contribution in [0.1, 0.15) is 61.3 Å². The van der Waals surface area contributed by atoms with Gasteiger partial charge in [0.1, 0.15) is 17.9 Å². The van der Waals surface area contributed by atoms with Gasteiger partial charge in [0.05, 0.1) is 25.8 Å². The fourth-order valence-corrected chi connectivity index (χ4v) is 8.05. The molecule has 1 aliphatic rings. The second-order valence-corrected chi connectivity index (χ2v) is 16.0. The monoisotopic (exact) mass is 726 g/mol. The second-order valence-electron chi connectivity index (χ2n) is 13.5. The van der Waals surface area contributed by atoms with Crippen molar-refractivity contribution >= 4 is 40.0 Å². The molecule has 1 fully saturated rings. The summed E-state index contributed by atoms with van der Waals surface area (Å²) in [5.74, 6) is 1.86. The van der Waals surface area contributed by atoms with E-state index in [-0.39, 0.29) is 11.8 Å². The average molecular weight is 728 g/mol. The molecular weight excluding hydrogens is 683 g/mol. The molecule has 9 heteroatoms. The molecule has 0 bridgehead atoms. The standard InChI is InChI=1S/C41H44Cl2N4O2S/c1-4-26-49-38-28-37(43)36(42)27-34(38)35(29-40(2,3)50(44)48)30-20-23-46(24-21-30)39-22-25-47(45-39)41(31-14-8-5-9-15-31,32-16-10-6-11-17-32)33-18-12-7-13-19-33/h4-19,22,25,27-28,30,35H,1,20-21,23-24,26,29,44H2,2-3H3/t35-,50?/m1/s1. The van der Waals surface area contributed by atoms with Crippen molar-refractivity contribution in [1.29, 1.82) is 0 Å². The lowest BCUT2D eigenvalue weighted by molar-refractivity contribution is 0.295. The zero-order chi connectivity index (χ0) is 35.3. The summed E-state index contributed by atoms with van der Waals surface area (Å²) in [7, 11) is -1.53. The first kappa shape index (κ1) is 35.9. The topological polar surface area (TPSA) is 73.4 Å². The summed E-state index contributed by atoms with van der Waals surface area (Å²) < 4.78 is 20.3. The predicted molar refractivity (Wildman–Crippen MR) is 208 cm³/mol. The fourth-order valence-electron chi connectivity index (χ4n) is 7.39. The van der Waals surface area contributed by atoms with Crippen LogP contribution in [0, 0.1) is 5.92 Å². The third-order valence-electron chi connectivity index (χ3n) is 9.99. The zero-order valence-electron chi connectivity index (χ0n) is 28.6. The normalized spacial score (nSPS) is 15.4. The van der Waals surface area contributed by atoms with Crippen molar-refractivity contribution in [1.82, 2.24) is 9.78 Å². The molecule has 2 N–H and O–H groups in total. The Balaban J connectivity index is 1.34. The average Bonchev–Trinajstić information content (AvgIpc) is 3.63. The molecule has 50 heavy (non-hydrogen) atoms. The van der Waals surface area contributed by atoms with Gasteiger partial charge < -0.3 is 9.64 Å². The summed E-state index contributed by atoms with van der Waals surface area (Å²) in [4.78, 5) is 2.37. The van der Waals surface area contributed by atoms with E-state index in [0.29, 0.717) is 28.8 Å². The molecule has 0 radical (unpaired) electrons. The van der Waals surface area contributed by atoms with Gasteiger partial charge in [0.2, 0.25) is 0 Å². The largest absolute Gasteiger partial charge is 0.489 e. The van der Waals surface area contributed by atoms with E-state index in [1.807, 2.05) is 19.9 Å². The van der Waals surface area contributed by atoms with E-state index in [9.17, 15) is 4.21 Å². The van der Waals surface area contributed by atoms with Crippen LogP contribution in [0.15, 0.2) is 128 Å². The fraction of sp³-hybridized carbons (Fsp3) is 0.293. The number of hydrogen-bond acceptors (Lipinski definition) is 4. The van der Waals surface area contributed by atoms with Gasteiger partial charge in [0.15, 0.2) is 5.82 Å². The van der Waals surface area contributed by atoms with Crippen molar-refractivity contribution in [2.75, 3.05) is 24.6 Å². The molecule has 5 aromatic rings. The first-order valence-corrected chi connectivity index (χ1v) is 19.0. The highest BCUT2D eigenvalue weighted by molar-refractivity contribution is 7.84. The Morgan fingerprint density at radius 1 is 0.900 bits per heavy atom. The SMILES string of the molecule is C=CCOc1cc(Cl)c(Cl)cc1[C@H](CC(C)(C)S(N)=O)C1CCN(c2ccn(C(c3ccccc3)(c3ccccc3)c3ccccc3)n2)CC1. The van der Waals surface area contributed by atoms with Crippen molar-refractivity contribution in [2.24, 2.45) is 11.1 Å². The summed E-state index contributed by atoms with van der Waals surface area (Å²) in [6.07, 6.45) is 6.21. The molecule has 260 valence electrons. The predicted octanol–water partition coefficient (Wildman–Crippen LogP) is 9.39. The number of anilines is 1. The third kappa shape index (κ3) is 7.28. The number of hydrogen-bond donors (Lipinski definition) is 1. The summed E-state index contributed by atoms with van der Waals surface area (Å²) >= 11 is 13.1. The number of nitrogens with two attached hydrogens (primary N) is 1. The summed E-state index contributed by atoms with van der Waals surface area (Å²) in [6, 6.07) is 37.6. The molecular formula is C41H44Cl2N4O2S. The Bertz CT molecular complexity index is 1810. The highest BCUT2D eigenvalue weighted by Crippen LogP contribution is 2.46. The number of halogens is 2. The molecule has 0 amide bonds. The van der Waals surface area contributed by atoms with E-state index in [0.717, 1.165) is 54.0 Å². The van der Waals surface area contributed by atoms with Gasteiger partial charge in [-0.2, -0.15) is 5.10 Å². The van der Waals surface area contributed by atoms with Gasteiger partial charge in [-0.05, 0) is 73.3 Å². The van der Waals surface area contributed by atoms with Crippen LogP contribution in [0.3, 0.4) is 0 Å². The molecule has 1 aliphatic heterocycles. The summed E-state index contributed by atoms with van der Waals surface area (Å²) in [5.41, 5.74) is 3.67. The van der Waals surface area contributed by atoms with Gasteiger partial charge in [0, 0.05) is 31.4 Å². The lowest BCUT2D eigenvalue weighted by Gasteiger charge is -2.39. The number of aromatic nitrogens is 2. The lowest BCUT2D eigenvalue weighted by atomic mass is 9.75. The Morgan fingerprint density at radius 2 is 1.42 bits per heavy atom. The van der Waals surface area contributed by atoms with Gasteiger partial charge in [-0.15, -0.1) is 0 Å². The molecule has 6 rings (SSSR count). The van der Waals surface area contributed by atoms with Crippen molar-refractivity contribution in [2.45, 2.75) is 49.3 Å². The Kier molecular flexibility index (Phi) is 11.2. The van der Waals surface area contributed by atoms with Crippen molar-refractivity contribution < 1.29 is 8.95 Å². The quantitative estimate of drug-likeness (QED) is 0.0970. The molecule has 0 saturated carbocycles. The number of ether oxygens (including phenoxy) is 1. The highest BCUT2D eigenvalue weighted by Gasteiger charge is 2.40. The van der Waals surface area contributed by atoms with Crippen LogP contribution in [0.2, 0.25) is 10.0 Å². The summed E-state index contributed by atoms with van der Waals surface area (Å²) in [6.45, 7) is 9.68. The maximum atomic E-state index is 12.7. The van der Waals surface area contributed by atoms with Crippen molar-refractivity contribution in [3.8, 4) is 5.75 Å². The van der Waals surface area contributed by atoms with Gasteiger partial charge in [-0.25, -0.2) is 4.21 Å². The van der Waals surface area contributed by atoms with Crippen molar-refractivity contribution in [3.63, 3.8) is 0 Å². The maximum absolute atomic E-state index is 12.7. The molecule has 2 atom stereocenters. The van der Waals surface area contributed by atoms with Gasteiger partial charge >= 0.3 is 0 Å². The first-order valence-electron chi connectivity index (χ1n) is 17.0. The molecule has 6 nitrogen and oxygen atoms in total. The van der Waals surface area contributed by atoms with E-state index < -0.39 is 21.3 Å². The number of piperidine rings is 1. The van der Waals surface area contributed by atoms with Crippen LogP contribution in [0.5, 0.6) is 5.75 Å². The van der Waals surface area contributed by atoms with Crippen molar-refractivity contribution in [3.05, 3.63) is 160 Å².